The lowest BCUT2D eigenvalue weighted by Crippen LogP contribution is -2.64. The Bertz CT molecular complexity index is 826. The van der Waals surface area contributed by atoms with Gasteiger partial charge in [0.2, 0.25) is 0 Å². The lowest BCUT2D eigenvalue weighted by molar-refractivity contribution is -0.127. The number of fused-ring (bicyclic) bond motifs is 1. The van der Waals surface area contributed by atoms with E-state index in [9.17, 15) is 14.0 Å². The minimum atomic E-state index is -0.706. The third-order valence-electron chi connectivity index (χ3n) is 5.71. The molecule has 2 fully saturated rings. The smallest absolute Gasteiger partial charge is 0.325 e. The van der Waals surface area contributed by atoms with Crippen LogP contribution in [0.5, 0.6) is 0 Å². The molecule has 1 aromatic rings. The summed E-state index contributed by atoms with van der Waals surface area (Å²) in [5, 5.41) is 11.5. The Kier molecular flexibility index (Phi) is 5.37. The Balaban J connectivity index is 1.62. The quantitative estimate of drug-likeness (QED) is 0.702. The molecule has 0 bridgehead atoms. The molecule has 0 spiro atoms. The number of aliphatic imine (C=N–C) groups is 1. The maximum absolute atomic E-state index is 14.3. The number of piperazine rings is 1. The Labute approximate surface area is 168 Å². The summed E-state index contributed by atoms with van der Waals surface area (Å²) in [5.74, 6) is -0.167. The first kappa shape index (κ1) is 19.6. The summed E-state index contributed by atoms with van der Waals surface area (Å²) in [5.41, 5.74) is 0.465. The molecule has 1 aromatic carbocycles. The molecule has 0 aromatic heterocycles. The summed E-state index contributed by atoms with van der Waals surface area (Å²) in [6.07, 6.45) is -0.645. The summed E-state index contributed by atoms with van der Waals surface area (Å²) in [6, 6.07) is 5.27. The highest BCUT2D eigenvalue weighted by molar-refractivity contribution is 6.03. The van der Waals surface area contributed by atoms with Gasteiger partial charge in [-0.2, -0.15) is 0 Å². The maximum atomic E-state index is 14.3. The van der Waals surface area contributed by atoms with Gasteiger partial charge in [-0.3, -0.25) is 15.0 Å². The number of aliphatic hydroxyl groups is 1. The summed E-state index contributed by atoms with van der Waals surface area (Å²) in [4.78, 5) is 36.9. The van der Waals surface area contributed by atoms with Gasteiger partial charge in [0.1, 0.15) is 5.82 Å². The van der Waals surface area contributed by atoms with Crippen LogP contribution in [0, 0.1) is 5.82 Å². The predicted octanol–water partition coefficient (Wildman–Crippen LogP) is -0.516. The number of β-amino-alcohol motifs (C(OH)–C–C–N with tert-alkyl or cyclic N) is 1. The van der Waals surface area contributed by atoms with Crippen molar-refractivity contribution in [3.8, 4) is 0 Å². The van der Waals surface area contributed by atoms with Crippen molar-refractivity contribution < 1.29 is 19.1 Å². The standard InChI is InChI=1S/C19H25FN6O3/c1-23-16-15(17(28)22-19(23)29)26(12-13-4-2-3-5-14(13)20)18(21-16)25-8-6-24(7-9-25)10-11-27/h2-5,15-16,27H,6-12H2,1H3,(H,22,28,29). The van der Waals surface area contributed by atoms with Gasteiger partial charge in [-0.05, 0) is 6.07 Å². The Morgan fingerprint density at radius 1 is 1.21 bits per heavy atom. The number of hydrogen-bond acceptors (Lipinski definition) is 7. The molecule has 2 atom stereocenters. The van der Waals surface area contributed by atoms with Crippen LogP contribution in [0.3, 0.4) is 0 Å². The maximum Gasteiger partial charge on any atom is 0.325 e. The number of imide groups is 1. The summed E-state index contributed by atoms with van der Waals surface area (Å²) >= 11 is 0. The number of amides is 3. The number of halogens is 1. The fraction of sp³-hybridized carbons (Fsp3) is 0.526. The fourth-order valence-corrected chi connectivity index (χ4v) is 4.07. The normalized spacial score (nSPS) is 25.2. The van der Waals surface area contributed by atoms with Crippen LogP contribution in [0.4, 0.5) is 9.18 Å². The summed E-state index contributed by atoms with van der Waals surface area (Å²) in [7, 11) is 1.60. The molecular formula is C19H25FN6O3. The number of hydrogen-bond donors (Lipinski definition) is 2. The van der Waals surface area contributed by atoms with E-state index in [1.807, 2.05) is 0 Å². The van der Waals surface area contributed by atoms with Crippen LogP contribution in [0.15, 0.2) is 29.3 Å². The number of nitrogens with zero attached hydrogens (tertiary/aromatic N) is 5. The predicted molar refractivity (Wildman–Crippen MR) is 103 cm³/mol. The number of guanidine groups is 1. The van der Waals surface area contributed by atoms with Crippen molar-refractivity contribution in [3.05, 3.63) is 35.6 Å². The van der Waals surface area contributed by atoms with Gasteiger partial charge in [0.25, 0.3) is 5.91 Å². The number of aliphatic hydroxyl groups excluding tert-OH is 1. The van der Waals surface area contributed by atoms with Crippen molar-refractivity contribution in [1.29, 1.82) is 0 Å². The molecule has 3 aliphatic heterocycles. The van der Waals surface area contributed by atoms with Crippen LogP contribution in [0.1, 0.15) is 5.56 Å². The van der Waals surface area contributed by atoms with E-state index in [1.165, 1.54) is 11.0 Å². The first-order chi connectivity index (χ1) is 14.0. The molecule has 156 valence electrons. The molecule has 4 rings (SSSR count). The molecule has 3 amide bonds. The summed E-state index contributed by atoms with van der Waals surface area (Å²) < 4.78 is 14.3. The van der Waals surface area contributed by atoms with E-state index < -0.39 is 24.1 Å². The van der Waals surface area contributed by atoms with Crippen LogP contribution in [0.25, 0.3) is 0 Å². The van der Waals surface area contributed by atoms with Crippen LogP contribution < -0.4 is 5.32 Å². The van der Waals surface area contributed by atoms with E-state index >= 15 is 0 Å². The minimum absolute atomic E-state index is 0.109. The highest BCUT2D eigenvalue weighted by Crippen LogP contribution is 2.28. The van der Waals surface area contributed by atoms with E-state index in [0.29, 0.717) is 31.2 Å². The van der Waals surface area contributed by atoms with Crippen molar-refractivity contribution >= 4 is 17.9 Å². The van der Waals surface area contributed by atoms with Gasteiger partial charge in [0, 0.05) is 51.9 Å². The number of urea groups is 1. The molecule has 0 radical (unpaired) electrons. The van der Waals surface area contributed by atoms with E-state index in [4.69, 9.17) is 10.1 Å². The molecule has 0 saturated carbocycles. The Hall–Kier alpha value is -2.72. The molecule has 2 N–H and O–H groups in total. The molecule has 10 heteroatoms. The molecular weight excluding hydrogens is 379 g/mol. The topological polar surface area (TPSA) is 91.7 Å². The number of carbonyl (C=O) groups excluding carboxylic acids is 2. The van der Waals surface area contributed by atoms with Crippen molar-refractivity contribution in [1.82, 2.24) is 24.9 Å². The van der Waals surface area contributed by atoms with E-state index in [0.717, 1.165) is 13.1 Å². The zero-order valence-electron chi connectivity index (χ0n) is 16.3. The van der Waals surface area contributed by atoms with E-state index in [1.54, 1.807) is 30.1 Å². The third kappa shape index (κ3) is 3.65. The fourth-order valence-electron chi connectivity index (χ4n) is 4.07. The van der Waals surface area contributed by atoms with Crippen molar-refractivity contribution in [2.24, 2.45) is 4.99 Å². The second-order valence-electron chi connectivity index (χ2n) is 7.46. The largest absolute Gasteiger partial charge is 0.395 e. The second kappa shape index (κ2) is 7.96. The second-order valence-corrected chi connectivity index (χ2v) is 7.46. The monoisotopic (exact) mass is 404 g/mol. The molecule has 9 nitrogen and oxygen atoms in total. The average Bonchev–Trinajstić information content (AvgIpc) is 3.09. The first-order valence-electron chi connectivity index (χ1n) is 9.73. The molecule has 2 saturated heterocycles. The van der Waals surface area contributed by atoms with Gasteiger partial charge in [-0.15, -0.1) is 0 Å². The van der Waals surface area contributed by atoms with Gasteiger partial charge in [0.15, 0.2) is 18.2 Å². The van der Waals surface area contributed by atoms with E-state index in [2.05, 4.69) is 15.1 Å². The molecule has 3 aliphatic rings. The van der Waals surface area contributed by atoms with Crippen LogP contribution in [-0.2, 0) is 11.3 Å². The number of nitrogens with one attached hydrogen (secondary N) is 1. The van der Waals surface area contributed by atoms with Gasteiger partial charge in [0.05, 0.1) is 6.61 Å². The number of likely N-dealkylation sites (N-methyl/N-ethyl adjacent to an activating group) is 1. The van der Waals surface area contributed by atoms with Crippen LogP contribution in [-0.4, -0.2) is 101 Å². The lowest BCUT2D eigenvalue weighted by atomic mass is 10.1. The highest BCUT2D eigenvalue weighted by atomic mass is 19.1. The van der Waals surface area contributed by atoms with Crippen LogP contribution in [0.2, 0.25) is 0 Å². The SMILES string of the molecule is CN1C(=O)NC(=O)C2C1N=C(N1CCN(CCO)CC1)N2Cc1ccccc1F. The highest BCUT2D eigenvalue weighted by Gasteiger charge is 2.50. The third-order valence-corrected chi connectivity index (χ3v) is 5.71. The Morgan fingerprint density at radius 3 is 2.62 bits per heavy atom. The average molecular weight is 404 g/mol. The van der Waals surface area contributed by atoms with Gasteiger partial charge >= 0.3 is 6.03 Å². The lowest BCUT2D eigenvalue weighted by Gasteiger charge is -2.40. The minimum Gasteiger partial charge on any atom is -0.395 e. The zero-order valence-corrected chi connectivity index (χ0v) is 16.3. The first-order valence-corrected chi connectivity index (χ1v) is 9.73. The van der Waals surface area contributed by atoms with Gasteiger partial charge in [-0.25, -0.2) is 14.2 Å². The molecule has 2 unspecified atom stereocenters. The Morgan fingerprint density at radius 2 is 1.93 bits per heavy atom. The van der Waals surface area contributed by atoms with Crippen molar-refractivity contribution in [2.75, 3.05) is 46.4 Å². The summed E-state index contributed by atoms with van der Waals surface area (Å²) in [6.45, 7) is 3.75. The number of rotatable bonds is 4. The number of carbonyl (C=O) groups is 2. The molecule has 3 heterocycles. The zero-order chi connectivity index (χ0) is 20.5. The molecule has 29 heavy (non-hydrogen) atoms. The van der Waals surface area contributed by atoms with Crippen LogP contribution >= 0.6 is 0 Å². The van der Waals surface area contributed by atoms with Crippen molar-refractivity contribution in [3.63, 3.8) is 0 Å². The molecule has 0 aliphatic carbocycles. The van der Waals surface area contributed by atoms with Crippen molar-refractivity contribution in [2.45, 2.75) is 18.8 Å². The number of benzene rings is 1. The van der Waals surface area contributed by atoms with E-state index in [-0.39, 0.29) is 19.0 Å². The van der Waals surface area contributed by atoms with Gasteiger partial charge < -0.3 is 19.8 Å². The van der Waals surface area contributed by atoms with Gasteiger partial charge in [-0.1, -0.05) is 18.2 Å².